The maximum absolute atomic E-state index is 10.6. The Bertz CT molecular complexity index is 2710. The van der Waals surface area contributed by atoms with Gasteiger partial charge in [-0.25, -0.2) is 0 Å². The predicted molar refractivity (Wildman–Crippen MR) is 195 cm³/mol. The number of aromatic nitrogens is 2. The number of para-hydroxylation sites is 5. The largest absolute Gasteiger partial charge is 0.309 e. The Hall–Kier alpha value is -6.88. The lowest BCUT2D eigenvalue weighted by atomic mass is 9.88. The molecule has 0 radical (unpaired) electrons. The highest BCUT2D eigenvalue weighted by atomic mass is 15.0. The molecule has 4 heteroatoms. The maximum atomic E-state index is 10.6. The summed E-state index contributed by atoms with van der Waals surface area (Å²) in [6, 6.07) is 58.7. The number of nitrogens with zero attached hydrogens (tertiary/aromatic N) is 4. The minimum Gasteiger partial charge on any atom is -0.309 e. The quantitative estimate of drug-likeness (QED) is 0.199. The van der Waals surface area contributed by atoms with Crippen molar-refractivity contribution in [2.45, 2.75) is 0 Å². The van der Waals surface area contributed by atoms with Crippen molar-refractivity contribution in [2.75, 3.05) is 0 Å². The predicted octanol–water partition coefficient (Wildman–Crippen LogP) is 11.0. The van der Waals surface area contributed by atoms with Crippen LogP contribution in [0, 0.1) is 22.7 Å². The second-order valence-electron chi connectivity index (χ2n) is 11.9. The van der Waals surface area contributed by atoms with Crippen LogP contribution < -0.4 is 0 Å². The molecule has 0 spiro atoms. The van der Waals surface area contributed by atoms with Crippen molar-refractivity contribution in [2.24, 2.45) is 0 Å². The maximum Gasteiger partial charge on any atom is 0.0998 e. The molecule has 0 unspecified atom stereocenters. The topological polar surface area (TPSA) is 57.4 Å². The molecule has 48 heavy (non-hydrogen) atoms. The van der Waals surface area contributed by atoms with E-state index in [0.717, 1.165) is 55.7 Å². The summed E-state index contributed by atoms with van der Waals surface area (Å²) in [5.41, 5.74) is 10.7. The lowest BCUT2D eigenvalue weighted by molar-refractivity contribution is 1.18. The first-order valence-electron chi connectivity index (χ1n) is 15.9. The Kier molecular flexibility index (Phi) is 6.22. The molecule has 0 aliphatic heterocycles. The fourth-order valence-corrected chi connectivity index (χ4v) is 7.41. The molecule has 9 rings (SSSR count). The number of hydrogen-bond acceptors (Lipinski definition) is 2. The molecule has 7 aromatic carbocycles. The van der Waals surface area contributed by atoms with Gasteiger partial charge in [-0.15, -0.1) is 0 Å². The van der Waals surface area contributed by atoms with E-state index in [4.69, 9.17) is 0 Å². The molecular weight excluding hydrogens is 585 g/mol. The smallest absolute Gasteiger partial charge is 0.0998 e. The zero-order chi connectivity index (χ0) is 32.2. The van der Waals surface area contributed by atoms with E-state index in [-0.39, 0.29) is 0 Å². The molecule has 222 valence electrons. The van der Waals surface area contributed by atoms with Crippen molar-refractivity contribution in [3.8, 4) is 45.8 Å². The Balaban J connectivity index is 1.34. The van der Waals surface area contributed by atoms with Gasteiger partial charge in [-0.1, -0.05) is 103 Å². The minimum absolute atomic E-state index is 0.546. The van der Waals surface area contributed by atoms with E-state index in [0.29, 0.717) is 11.1 Å². The van der Waals surface area contributed by atoms with E-state index in [1.54, 1.807) is 0 Å². The monoisotopic (exact) mass is 610 g/mol. The van der Waals surface area contributed by atoms with Crippen molar-refractivity contribution < 1.29 is 0 Å². The molecule has 0 aliphatic carbocycles. The van der Waals surface area contributed by atoms with Crippen LogP contribution in [0.5, 0.6) is 0 Å². The van der Waals surface area contributed by atoms with Crippen LogP contribution in [0.15, 0.2) is 158 Å². The molecule has 0 amide bonds. The molecule has 0 saturated heterocycles. The van der Waals surface area contributed by atoms with Gasteiger partial charge in [-0.05, 0) is 60.2 Å². The van der Waals surface area contributed by atoms with Crippen LogP contribution in [0.1, 0.15) is 11.1 Å². The minimum atomic E-state index is 0.546. The molecule has 0 bridgehead atoms. The molecular formula is C44H26N4. The van der Waals surface area contributed by atoms with E-state index in [1.807, 2.05) is 42.5 Å². The summed E-state index contributed by atoms with van der Waals surface area (Å²) in [6.07, 6.45) is 0. The number of hydrogen-bond donors (Lipinski definition) is 0. The first-order valence-corrected chi connectivity index (χ1v) is 15.9. The van der Waals surface area contributed by atoms with Crippen molar-refractivity contribution in [1.29, 1.82) is 10.5 Å². The second-order valence-corrected chi connectivity index (χ2v) is 11.9. The molecule has 0 N–H and O–H groups in total. The van der Waals surface area contributed by atoms with Gasteiger partial charge in [0.05, 0.1) is 51.0 Å². The average Bonchev–Trinajstić information content (AvgIpc) is 3.67. The van der Waals surface area contributed by atoms with Gasteiger partial charge in [-0.3, -0.25) is 0 Å². The first kappa shape index (κ1) is 27.4. The second kappa shape index (κ2) is 10.9. The molecule has 0 saturated carbocycles. The average molecular weight is 611 g/mol. The van der Waals surface area contributed by atoms with E-state index in [1.165, 1.54) is 21.5 Å². The zero-order valence-corrected chi connectivity index (χ0v) is 25.8. The van der Waals surface area contributed by atoms with Crippen molar-refractivity contribution in [3.63, 3.8) is 0 Å². The Morgan fingerprint density at radius 2 is 0.854 bits per heavy atom. The molecule has 2 aromatic heterocycles. The van der Waals surface area contributed by atoms with Gasteiger partial charge in [0.15, 0.2) is 0 Å². The summed E-state index contributed by atoms with van der Waals surface area (Å²) in [5, 5.41) is 25.7. The standard InChI is InChI=1S/C44H26N4/c45-27-29-24-25-31(47-39-19-6-1-13-32(39)33-14-2-7-20-40(33)47)26-38(29)36-18-11-12-30(28-46)44(36)37-17-5-10-23-43(37)48-41-21-8-3-15-34(41)35-16-4-9-22-42(35)48/h1-26H. The summed E-state index contributed by atoms with van der Waals surface area (Å²) in [6.45, 7) is 0. The summed E-state index contributed by atoms with van der Waals surface area (Å²) in [7, 11) is 0. The first-order chi connectivity index (χ1) is 23.8. The van der Waals surface area contributed by atoms with Gasteiger partial charge in [0.25, 0.3) is 0 Å². The Morgan fingerprint density at radius 3 is 1.42 bits per heavy atom. The molecule has 2 heterocycles. The normalized spacial score (nSPS) is 11.3. The van der Waals surface area contributed by atoms with Gasteiger partial charge in [0.2, 0.25) is 0 Å². The molecule has 4 nitrogen and oxygen atoms in total. The van der Waals surface area contributed by atoms with Gasteiger partial charge >= 0.3 is 0 Å². The van der Waals surface area contributed by atoms with Crippen LogP contribution in [0.4, 0.5) is 0 Å². The van der Waals surface area contributed by atoms with Crippen LogP contribution in [-0.4, -0.2) is 9.13 Å². The molecule has 9 aromatic rings. The van der Waals surface area contributed by atoms with Crippen LogP contribution in [0.25, 0.3) is 77.2 Å². The van der Waals surface area contributed by atoms with E-state index in [2.05, 4.69) is 137 Å². The van der Waals surface area contributed by atoms with Crippen molar-refractivity contribution in [1.82, 2.24) is 9.13 Å². The van der Waals surface area contributed by atoms with Crippen LogP contribution in [-0.2, 0) is 0 Å². The zero-order valence-electron chi connectivity index (χ0n) is 25.8. The third-order valence-corrected chi connectivity index (χ3v) is 9.43. The van der Waals surface area contributed by atoms with E-state index < -0.39 is 0 Å². The van der Waals surface area contributed by atoms with Gasteiger partial charge in [0.1, 0.15) is 0 Å². The third kappa shape index (κ3) is 4.01. The summed E-state index contributed by atoms with van der Waals surface area (Å²) < 4.78 is 4.55. The Morgan fingerprint density at radius 1 is 0.375 bits per heavy atom. The highest BCUT2D eigenvalue weighted by Crippen LogP contribution is 2.43. The Labute approximate surface area is 277 Å². The fourth-order valence-electron chi connectivity index (χ4n) is 7.41. The lowest BCUT2D eigenvalue weighted by Crippen LogP contribution is -2.01. The van der Waals surface area contributed by atoms with Crippen molar-refractivity contribution in [3.05, 3.63) is 169 Å². The van der Waals surface area contributed by atoms with Crippen molar-refractivity contribution >= 4 is 43.6 Å². The molecule has 0 aliphatic rings. The fraction of sp³-hybridized carbons (Fsp3) is 0. The highest BCUT2D eigenvalue weighted by Gasteiger charge is 2.22. The van der Waals surface area contributed by atoms with Gasteiger partial charge in [0, 0.05) is 43.9 Å². The highest BCUT2D eigenvalue weighted by molar-refractivity contribution is 6.11. The van der Waals surface area contributed by atoms with Crippen LogP contribution in [0.3, 0.4) is 0 Å². The SMILES string of the molecule is N#Cc1ccc(-n2c3ccccc3c3ccccc32)cc1-c1cccc(C#N)c1-c1ccccc1-n1c2ccccc2c2ccccc21. The summed E-state index contributed by atoms with van der Waals surface area (Å²) in [4.78, 5) is 0. The molecule has 0 atom stereocenters. The number of nitriles is 2. The van der Waals surface area contributed by atoms with E-state index >= 15 is 0 Å². The third-order valence-electron chi connectivity index (χ3n) is 9.43. The lowest BCUT2D eigenvalue weighted by Gasteiger charge is -2.19. The van der Waals surface area contributed by atoms with Crippen LogP contribution >= 0.6 is 0 Å². The molecule has 0 fully saturated rings. The summed E-state index contributed by atoms with van der Waals surface area (Å²) in [5.74, 6) is 0. The van der Waals surface area contributed by atoms with Crippen LogP contribution in [0.2, 0.25) is 0 Å². The van der Waals surface area contributed by atoms with E-state index in [9.17, 15) is 10.5 Å². The number of benzene rings is 7. The van der Waals surface area contributed by atoms with Gasteiger partial charge < -0.3 is 9.13 Å². The number of fused-ring (bicyclic) bond motifs is 6. The number of rotatable bonds is 4. The summed E-state index contributed by atoms with van der Waals surface area (Å²) >= 11 is 0. The van der Waals surface area contributed by atoms with Gasteiger partial charge in [-0.2, -0.15) is 10.5 Å².